The summed E-state index contributed by atoms with van der Waals surface area (Å²) in [7, 11) is -4.34. The monoisotopic (exact) mass is 672 g/mol. The summed E-state index contributed by atoms with van der Waals surface area (Å²) in [4.78, 5) is 25.9. The number of fused-ring (bicyclic) bond motifs is 1. The van der Waals surface area contributed by atoms with Gasteiger partial charge < -0.3 is 15.7 Å². The number of thiazole rings is 1. The molecule has 1 atom stereocenters. The van der Waals surface area contributed by atoms with E-state index in [2.05, 4.69) is 15.0 Å². The Bertz CT molecular complexity index is 1750. The smallest absolute Gasteiger partial charge is 0.416 e. The zero-order valence-corrected chi connectivity index (χ0v) is 25.6. The minimum absolute atomic E-state index is 0.0622. The summed E-state index contributed by atoms with van der Waals surface area (Å²) >= 11 is 1.26. The number of hydrogen-bond donors (Lipinski definition) is 2. The minimum atomic E-state index is -4.61. The number of sulfonamides is 1. The first kappa shape index (κ1) is 34.1. The second kappa shape index (κ2) is 13.3. The van der Waals surface area contributed by atoms with Crippen LogP contribution in [0.3, 0.4) is 0 Å². The highest BCUT2D eigenvalue weighted by molar-refractivity contribution is 7.89. The molecule has 1 aliphatic heterocycles. The van der Waals surface area contributed by atoms with E-state index < -0.39 is 44.6 Å². The lowest BCUT2D eigenvalue weighted by Crippen LogP contribution is -2.58. The second-order valence-electron chi connectivity index (χ2n) is 10.00. The normalized spacial score (nSPS) is 16.4. The van der Waals surface area contributed by atoms with Crippen molar-refractivity contribution in [2.75, 3.05) is 24.5 Å². The van der Waals surface area contributed by atoms with Gasteiger partial charge in [-0.05, 0) is 36.8 Å². The van der Waals surface area contributed by atoms with Crippen molar-refractivity contribution in [2.45, 2.75) is 49.8 Å². The van der Waals surface area contributed by atoms with Gasteiger partial charge in [-0.15, -0.1) is 0 Å². The van der Waals surface area contributed by atoms with Crippen LogP contribution in [0, 0.1) is 6.92 Å². The zero-order chi connectivity index (χ0) is 33.2. The number of aliphatic carboxylic acids is 1. The first-order chi connectivity index (χ1) is 21.1. The van der Waals surface area contributed by atoms with Gasteiger partial charge in [0.1, 0.15) is 11.9 Å². The van der Waals surface area contributed by atoms with Gasteiger partial charge >= 0.3 is 12.1 Å². The van der Waals surface area contributed by atoms with Crippen LogP contribution in [0.15, 0.2) is 59.6 Å². The molecule has 0 spiro atoms. The van der Waals surface area contributed by atoms with Crippen molar-refractivity contribution in [3.05, 3.63) is 77.2 Å². The maximum absolute atomic E-state index is 13.1. The quantitative estimate of drug-likeness (QED) is 0.259. The number of nitrogens with zero attached hydrogens (tertiary/aromatic N) is 5. The van der Waals surface area contributed by atoms with Crippen LogP contribution in [-0.2, 0) is 33.5 Å². The molecule has 3 N–H and O–H groups in total. The number of hydrogen-bond acceptors (Lipinski definition) is 9. The molecule has 0 amide bonds. The van der Waals surface area contributed by atoms with Gasteiger partial charge in [0.05, 0.1) is 21.4 Å². The van der Waals surface area contributed by atoms with Gasteiger partial charge in [0.25, 0.3) is 5.92 Å². The molecule has 0 bridgehead atoms. The van der Waals surface area contributed by atoms with Crippen molar-refractivity contribution in [3.8, 4) is 0 Å². The fourth-order valence-corrected chi connectivity index (χ4v) is 6.89. The molecule has 10 nitrogen and oxygen atoms in total. The molecule has 0 unspecified atom stereocenters. The van der Waals surface area contributed by atoms with E-state index in [1.807, 2.05) is 0 Å². The Balaban J connectivity index is 0.000000297. The van der Waals surface area contributed by atoms with Gasteiger partial charge in [-0.2, -0.15) is 22.5 Å². The number of nitrogens with two attached hydrogens (primary N) is 1. The van der Waals surface area contributed by atoms with E-state index in [0.29, 0.717) is 40.0 Å². The molecule has 0 saturated carbocycles. The molecule has 0 aliphatic carbocycles. The Kier molecular flexibility index (Phi) is 10.1. The highest BCUT2D eigenvalue weighted by Gasteiger charge is 2.41. The number of piperazine rings is 1. The van der Waals surface area contributed by atoms with E-state index in [-0.39, 0.29) is 31.6 Å². The number of rotatable bonds is 7. The highest BCUT2D eigenvalue weighted by Crippen LogP contribution is 2.33. The van der Waals surface area contributed by atoms with Gasteiger partial charge in [-0.25, -0.2) is 27.2 Å². The number of aryl methyl sites for hydroxylation is 1. The number of anilines is 1. The zero-order valence-electron chi connectivity index (χ0n) is 24.0. The molecule has 1 aliphatic rings. The summed E-state index contributed by atoms with van der Waals surface area (Å²) in [5.74, 6) is -3.56. The number of alkyl halides is 5. The first-order valence-electron chi connectivity index (χ1n) is 13.5. The van der Waals surface area contributed by atoms with Crippen LogP contribution in [0.5, 0.6) is 0 Å². The molecule has 2 aromatic carbocycles. The van der Waals surface area contributed by atoms with Crippen LogP contribution in [0.1, 0.15) is 35.9 Å². The van der Waals surface area contributed by atoms with E-state index in [1.54, 1.807) is 30.2 Å². The third-order valence-corrected chi connectivity index (χ3v) is 9.95. The van der Waals surface area contributed by atoms with Crippen LogP contribution >= 0.6 is 11.3 Å². The van der Waals surface area contributed by atoms with Crippen LogP contribution < -0.4 is 10.6 Å². The topological polar surface area (TPSA) is 143 Å². The Morgan fingerprint density at radius 2 is 1.64 bits per heavy atom. The molecule has 45 heavy (non-hydrogen) atoms. The lowest BCUT2D eigenvalue weighted by Gasteiger charge is -2.38. The van der Waals surface area contributed by atoms with Gasteiger partial charge in [-0.1, -0.05) is 42.5 Å². The number of aromatic nitrogens is 3. The summed E-state index contributed by atoms with van der Waals surface area (Å²) in [6.45, 7) is 3.36. The predicted molar refractivity (Wildman–Crippen MR) is 157 cm³/mol. The third kappa shape index (κ3) is 7.71. The number of carboxylic acids is 1. The molecule has 4 aromatic rings. The summed E-state index contributed by atoms with van der Waals surface area (Å²) in [5.41, 5.74) is 5.75. The second-order valence-corrected chi connectivity index (χ2v) is 12.9. The molecule has 1 saturated heterocycles. The summed E-state index contributed by atoms with van der Waals surface area (Å²) in [5, 5.41) is 10.2. The van der Waals surface area contributed by atoms with Gasteiger partial charge in [0, 0.05) is 38.2 Å². The summed E-state index contributed by atoms with van der Waals surface area (Å²) in [6.07, 6.45) is -3.18. The average molecular weight is 673 g/mol. The molecular weight excluding hydrogens is 643 g/mol. The van der Waals surface area contributed by atoms with Crippen LogP contribution in [-0.4, -0.2) is 64.4 Å². The lowest BCUT2D eigenvalue weighted by atomic mass is 10.0. The van der Waals surface area contributed by atoms with E-state index in [4.69, 9.17) is 5.73 Å². The fourth-order valence-electron chi connectivity index (χ4n) is 4.42. The van der Waals surface area contributed by atoms with E-state index >= 15 is 0 Å². The number of halogens is 5. The lowest BCUT2D eigenvalue weighted by molar-refractivity contribution is -0.141. The Labute approximate surface area is 259 Å². The van der Waals surface area contributed by atoms with Crippen LogP contribution in [0.25, 0.3) is 10.3 Å². The minimum Gasteiger partial charge on any atom is -0.480 e. The van der Waals surface area contributed by atoms with Gasteiger partial charge in [0.2, 0.25) is 10.0 Å². The largest absolute Gasteiger partial charge is 0.480 e. The van der Waals surface area contributed by atoms with Gasteiger partial charge in [0.15, 0.2) is 10.8 Å². The molecule has 17 heteroatoms. The molecule has 2 aromatic heterocycles. The molecule has 242 valence electrons. The van der Waals surface area contributed by atoms with Crippen molar-refractivity contribution >= 4 is 42.8 Å². The van der Waals surface area contributed by atoms with Crippen molar-refractivity contribution in [1.82, 2.24) is 19.3 Å². The molecule has 1 fully saturated rings. The first-order valence-corrected chi connectivity index (χ1v) is 15.8. The van der Waals surface area contributed by atoms with Crippen molar-refractivity contribution in [2.24, 2.45) is 5.73 Å². The number of carbonyl (C=O) groups is 1. The Hall–Kier alpha value is -3.80. The summed E-state index contributed by atoms with van der Waals surface area (Å²) < 4.78 is 92.1. The van der Waals surface area contributed by atoms with Gasteiger partial charge in [-0.3, -0.25) is 4.79 Å². The molecular formula is C28H29F5N6O4S2. The summed E-state index contributed by atoms with van der Waals surface area (Å²) in [6, 6.07) is 7.67. The highest BCUT2D eigenvalue weighted by atomic mass is 32.2. The van der Waals surface area contributed by atoms with Crippen LogP contribution in [0.4, 0.5) is 27.1 Å². The number of benzene rings is 2. The standard InChI is InChI=1S/C18H16F3N5O4S2.C10H13F2N/c1-10-22-8-14-15(23-10)24-17(31-14)25-6-7-26(13(9-25)16(27)28)32(29,30)12-4-2-11(3-5-12)18(19,20)21;1-2-10(11,12)9-5-3-8(7-13)4-6-9/h2-5,8,13H,6-7,9H2,1H3,(H,27,28);3-6H,2,7,13H2,1H3/t13-;/m1./s1. The van der Waals surface area contributed by atoms with Crippen molar-refractivity contribution in [3.63, 3.8) is 0 Å². The van der Waals surface area contributed by atoms with E-state index in [0.717, 1.165) is 22.0 Å². The van der Waals surface area contributed by atoms with Crippen LogP contribution in [0.2, 0.25) is 0 Å². The Morgan fingerprint density at radius 3 is 2.20 bits per heavy atom. The predicted octanol–water partition coefficient (Wildman–Crippen LogP) is 5.02. The Morgan fingerprint density at radius 1 is 1.02 bits per heavy atom. The SMILES string of the molecule is CCC(F)(F)c1ccc(CN)cc1.Cc1ncc2sc(N3CCN(S(=O)(=O)c4ccc(C(F)(F)F)cc4)[C@@H](C(=O)O)C3)nc2n1. The molecule has 0 radical (unpaired) electrons. The van der Waals surface area contributed by atoms with E-state index in [1.165, 1.54) is 30.4 Å². The van der Waals surface area contributed by atoms with E-state index in [9.17, 15) is 40.3 Å². The molecule has 3 heterocycles. The van der Waals surface area contributed by atoms with Crippen molar-refractivity contribution < 1.29 is 40.3 Å². The third-order valence-electron chi connectivity index (χ3n) is 6.99. The molecule has 5 rings (SSSR count). The number of carboxylic acid groups (broad SMARTS) is 1. The maximum Gasteiger partial charge on any atom is 0.416 e. The van der Waals surface area contributed by atoms with Crippen molar-refractivity contribution in [1.29, 1.82) is 0 Å². The maximum atomic E-state index is 13.1. The average Bonchev–Trinajstić information content (AvgIpc) is 3.44. The fraction of sp³-hybridized carbons (Fsp3) is 0.357.